The van der Waals surface area contributed by atoms with Gasteiger partial charge in [0.2, 0.25) is 0 Å². The van der Waals surface area contributed by atoms with E-state index in [1.807, 2.05) is 73.7 Å². The number of fused-ring (bicyclic) bond motifs is 1. The van der Waals surface area contributed by atoms with Crippen LogP contribution >= 0.6 is 0 Å². The number of aromatic nitrogens is 2. The highest BCUT2D eigenvalue weighted by Gasteiger charge is 2.14. The number of nitrogens with one attached hydrogen (secondary N) is 1. The monoisotopic (exact) mass is 857 g/mol. The van der Waals surface area contributed by atoms with Crippen LogP contribution in [0.4, 0.5) is 11.5 Å². The maximum absolute atomic E-state index is 10.4. The summed E-state index contributed by atoms with van der Waals surface area (Å²) in [5, 5.41) is 8.53. The van der Waals surface area contributed by atoms with Crippen molar-refractivity contribution in [1.82, 2.24) is 14.9 Å². The molecule has 316 valence electrons. The Bertz CT molecular complexity index is 2420. The zero-order chi connectivity index (χ0) is 42.8. The van der Waals surface area contributed by atoms with E-state index in [1.165, 1.54) is 24.3 Å². The Morgan fingerprint density at radius 2 is 1.37 bits per heavy atom. The molecule has 1 aromatic heterocycles. The minimum absolute atomic E-state index is 0.0741. The topological polar surface area (TPSA) is 199 Å². The van der Waals surface area contributed by atoms with Crippen molar-refractivity contribution in [2.45, 2.75) is 29.7 Å². The van der Waals surface area contributed by atoms with Crippen LogP contribution in [0.2, 0.25) is 0 Å². The Kier molecular flexibility index (Phi) is 16.9. The molecule has 60 heavy (non-hydrogen) atoms. The fraction of sp³-hybridized carbons (Fsp3) is 0.233. The van der Waals surface area contributed by atoms with Crippen molar-refractivity contribution in [3.8, 4) is 11.5 Å². The molecule has 3 N–H and O–H groups in total. The molecule has 0 aliphatic carbocycles. The molecule has 17 heteroatoms. The second-order valence-corrected chi connectivity index (χ2v) is 16.0. The van der Waals surface area contributed by atoms with Gasteiger partial charge in [-0.25, -0.2) is 9.97 Å². The van der Waals surface area contributed by atoms with Gasteiger partial charge in [0.25, 0.3) is 20.2 Å². The summed E-state index contributed by atoms with van der Waals surface area (Å²) in [4.78, 5) is 16.7. The van der Waals surface area contributed by atoms with E-state index in [1.54, 1.807) is 49.8 Å². The Morgan fingerprint density at radius 3 is 1.92 bits per heavy atom. The smallest absolute Gasteiger partial charge is 0.294 e. The molecule has 0 amide bonds. The molecule has 0 bridgehead atoms. The van der Waals surface area contributed by atoms with Crippen molar-refractivity contribution >= 4 is 48.4 Å². The Labute approximate surface area is 350 Å². The van der Waals surface area contributed by atoms with Gasteiger partial charge in [0.15, 0.2) is 11.5 Å². The fourth-order valence-corrected chi connectivity index (χ4v) is 6.68. The summed E-state index contributed by atoms with van der Waals surface area (Å²) in [7, 11) is -6.37. The zero-order valence-electron chi connectivity index (χ0n) is 33.1. The van der Waals surface area contributed by atoms with E-state index in [0.29, 0.717) is 30.5 Å². The molecule has 1 saturated heterocycles. The van der Waals surface area contributed by atoms with Gasteiger partial charge < -0.3 is 24.4 Å². The second-order valence-electron chi connectivity index (χ2n) is 13.1. The first-order valence-electron chi connectivity index (χ1n) is 18.8. The third kappa shape index (κ3) is 14.4. The lowest BCUT2D eigenvalue weighted by Gasteiger charge is -2.26. The third-order valence-corrected chi connectivity index (χ3v) is 10.6. The van der Waals surface area contributed by atoms with Gasteiger partial charge in [-0.3, -0.25) is 14.0 Å². The summed E-state index contributed by atoms with van der Waals surface area (Å²) in [6, 6.07) is 36.6. The standard InChI is InChI=1S/C31H35N5O4.2C6H6O3S/c1-23(35-40-21-24-7-4-3-5-8-24)25-9-11-26(12-10-25)34-31-27-19-30(29(37-2)20-28(27)32-22-33-31)39-16-6-13-36-14-17-38-18-15-36;2*7-10(8,9)6-4-2-1-3-5-6/h3-5,7-12,19-20,22H,6,13-18,21H2,1-2H3,(H,32,33,34);2*1-5H,(H,7,8,9)/b35-23-;;. The van der Waals surface area contributed by atoms with Crippen LogP contribution < -0.4 is 14.8 Å². The van der Waals surface area contributed by atoms with Gasteiger partial charge in [-0.05, 0) is 66.9 Å². The lowest BCUT2D eigenvalue weighted by atomic mass is 10.1. The van der Waals surface area contributed by atoms with Gasteiger partial charge in [0, 0.05) is 36.8 Å². The Balaban J connectivity index is 0.000000277. The molecule has 2 heterocycles. The molecule has 15 nitrogen and oxygen atoms in total. The molecular formula is C43H47N5O10S2. The normalized spacial score (nSPS) is 13.2. The molecule has 5 aromatic carbocycles. The van der Waals surface area contributed by atoms with Gasteiger partial charge in [-0.15, -0.1) is 0 Å². The van der Waals surface area contributed by atoms with Crippen LogP contribution in [0.5, 0.6) is 11.5 Å². The maximum Gasteiger partial charge on any atom is 0.294 e. The Hall–Kier alpha value is -5.95. The molecule has 1 fully saturated rings. The second kappa shape index (κ2) is 22.4. The molecule has 1 aliphatic heterocycles. The number of oxime groups is 1. The van der Waals surface area contributed by atoms with Crippen LogP contribution in [0.3, 0.4) is 0 Å². The summed E-state index contributed by atoms with van der Waals surface area (Å²) in [6.45, 7) is 7.48. The third-order valence-electron chi connectivity index (χ3n) is 8.82. The number of rotatable bonds is 14. The summed E-state index contributed by atoms with van der Waals surface area (Å²) in [5.74, 6) is 2.01. The Morgan fingerprint density at radius 1 is 0.783 bits per heavy atom. The molecule has 7 rings (SSSR count). The first kappa shape index (κ1) is 45.1. The van der Waals surface area contributed by atoms with Crippen molar-refractivity contribution in [2.24, 2.45) is 5.16 Å². The van der Waals surface area contributed by atoms with Crippen LogP contribution in [0.25, 0.3) is 10.9 Å². The molecule has 1 aliphatic rings. The van der Waals surface area contributed by atoms with E-state index in [0.717, 1.165) is 72.7 Å². The minimum atomic E-state index is -4.00. The van der Waals surface area contributed by atoms with Crippen LogP contribution in [-0.4, -0.2) is 93.1 Å². The summed E-state index contributed by atoms with van der Waals surface area (Å²) in [6.07, 6.45) is 2.46. The van der Waals surface area contributed by atoms with E-state index < -0.39 is 20.2 Å². The first-order valence-corrected chi connectivity index (χ1v) is 21.7. The zero-order valence-corrected chi connectivity index (χ0v) is 34.8. The summed E-state index contributed by atoms with van der Waals surface area (Å²) in [5.41, 5.74) is 4.52. The lowest BCUT2D eigenvalue weighted by Crippen LogP contribution is -2.37. The predicted molar refractivity (Wildman–Crippen MR) is 229 cm³/mol. The summed E-state index contributed by atoms with van der Waals surface area (Å²) >= 11 is 0. The number of benzene rings is 5. The molecule has 0 atom stereocenters. The van der Waals surface area contributed by atoms with Crippen LogP contribution in [0.15, 0.2) is 149 Å². The van der Waals surface area contributed by atoms with Crippen molar-refractivity contribution in [1.29, 1.82) is 0 Å². The number of methoxy groups -OCH3 is 1. The number of anilines is 2. The van der Waals surface area contributed by atoms with Crippen molar-refractivity contribution in [3.05, 3.63) is 145 Å². The largest absolute Gasteiger partial charge is 0.493 e. The van der Waals surface area contributed by atoms with Gasteiger partial charge in [-0.1, -0.05) is 84.0 Å². The highest BCUT2D eigenvalue weighted by Crippen LogP contribution is 2.35. The SMILES string of the molecule is COc1cc2ncnc(Nc3ccc(/C(C)=N\OCc4ccccc4)cc3)c2cc1OCCCN1CCOCC1.O=S(=O)(O)c1ccccc1.O=S(=O)(O)c1ccccc1. The van der Waals surface area contributed by atoms with Crippen LogP contribution in [-0.2, 0) is 36.4 Å². The number of nitrogens with zero attached hydrogens (tertiary/aromatic N) is 4. The van der Waals surface area contributed by atoms with Gasteiger partial charge >= 0.3 is 0 Å². The molecule has 0 saturated carbocycles. The molecule has 0 unspecified atom stereocenters. The fourth-order valence-electron chi connectivity index (χ4n) is 5.68. The van der Waals surface area contributed by atoms with E-state index in [2.05, 4.69) is 25.3 Å². The minimum Gasteiger partial charge on any atom is -0.493 e. The average molecular weight is 858 g/mol. The number of morpholine rings is 1. The average Bonchev–Trinajstić information content (AvgIpc) is 3.26. The molecule has 6 aromatic rings. The molecular weight excluding hydrogens is 811 g/mol. The molecule has 0 radical (unpaired) electrons. The van der Waals surface area contributed by atoms with Gasteiger partial charge in [0.05, 0.1) is 47.9 Å². The van der Waals surface area contributed by atoms with Crippen molar-refractivity contribution < 1.29 is 45.0 Å². The summed E-state index contributed by atoms with van der Waals surface area (Å²) < 4.78 is 75.6. The first-order chi connectivity index (χ1) is 28.9. The van der Waals surface area contributed by atoms with Gasteiger partial charge in [0.1, 0.15) is 18.8 Å². The quantitative estimate of drug-likeness (QED) is 0.0427. The maximum atomic E-state index is 10.4. The highest BCUT2D eigenvalue weighted by atomic mass is 32.2. The van der Waals surface area contributed by atoms with E-state index in [4.69, 9.17) is 28.2 Å². The molecule has 0 spiro atoms. The van der Waals surface area contributed by atoms with Gasteiger partial charge in [-0.2, -0.15) is 16.8 Å². The lowest BCUT2D eigenvalue weighted by molar-refractivity contribution is 0.0357. The highest BCUT2D eigenvalue weighted by molar-refractivity contribution is 7.86. The van der Waals surface area contributed by atoms with Crippen molar-refractivity contribution in [2.75, 3.05) is 51.9 Å². The van der Waals surface area contributed by atoms with Crippen LogP contribution in [0.1, 0.15) is 24.5 Å². The van der Waals surface area contributed by atoms with E-state index in [9.17, 15) is 16.8 Å². The van der Waals surface area contributed by atoms with Crippen LogP contribution in [0, 0.1) is 0 Å². The number of hydrogen-bond acceptors (Lipinski definition) is 13. The van der Waals surface area contributed by atoms with E-state index in [-0.39, 0.29) is 9.79 Å². The van der Waals surface area contributed by atoms with Crippen molar-refractivity contribution in [3.63, 3.8) is 0 Å². The van der Waals surface area contributed by atoms with E-state index >= 15 is 0 Å². The predicted octanol–water partition coefficient (Wildman–Crippen LogP) is 7.29. The number of hydrogen-bond donors (Lipinski definition) is 3. The number of ether oxygens (including phenoxy) is 3.